The van der Waals surface area contributed by atoms with E-state index in [0.29, 0.717) is 0 Å². The highest BCUT2D eigenvalue weighted by Gasteiger charge is 2.57. The third-order valence-corrected chi connectivity index (χ3v) is 11.5. The molecular formula is C36H61N3O25. The third kappa shape index (κ3) is 11.6. The first-order valence-corrected chi connectivity index (χ1v) is 20.4. The Balaban J connectivity index is 1.51. The van der Waals surface area contributed by atoms with Crippen molar-refractivity contribution < 1.29 is 123 Å². The van der Waals surface area contributed by atoms with Crippen LogP contribution in [0, 0.1) is 0 Å². The fourth-order valence-corrected chi connectivity index (χ4v) is 8.05. The van der Waals surface area contributed by atoms with Crippen molar-refractivity contribution in [3.8, 4) is 0 Å². The molecule has 0 aromatic heterocycles. The molecule has 3 amide bonds. The number of nitrogens with one attached hydrogen (secondary N) is 3. The molecule has 25 atom stereocenters. The molecule has 5 heterocycles. The van der Waals surface area contributed by atoms with Crippen molar-refractivity contribution in [1.82, 2.24) is 16.0 Å². The van der Waals surface area contributed by atoms with Crippen LogP contribution in [0.2, 0.25) is 0 Å². The van der Waals surface area contributed by atoms with Crippen LogP contribution >= 0.6 is 0 Å². The number of carbonyl (C=O) groups excluding carboxylic acids is 3. The highest BCUT2D eigenvalue weighted by Crippen LogP contribution is 2.36. The molecule has 0 aliphatic carbocycles. The van der Waals surface area contributed by atoms with Crippen LogP contribution in [0.3, 0.4) is 0 Å². The summed E-state index contributed by atoms with van der Waals surface area (Å²) in [4.78, 5) is 36.7. The van der Waals surface area contributed by atoms with Crippen molar-refractivity contribution >= 4 is 17.7 Å². The second-order valence-electron chi connectivity index (χ2n) is 16.2. The fraction of sp³-hybridized carbons (Fsp3) is 0.917. The standard InChI is InChI=1S/C36H61N3O25/c1-9-20(46)27(53)28(54)35(57-9)64-31-30(63-34-18(38-11(3)44)26(52)22(48)14(6-41)60-34)23(49)15(7-42)61-36(31)62-29-19(39-12(4)45)32(55)58-16(24(29)50)8-56-33-17(37-10(2)43)25(51)21(47)13(5-40)59-33/h9,13-36,40-42,46-55H,5-8H2,1-4H3,(H,37,43)(H,38,44)(H,39,45)/t9-,13+,14+,15+,16+,17+,18+,19+,20+,21+,22-,23-,24-,25+,26+,27+,28-,29+,30-,31+,32-,33?,34?,35?,36?/m0/s1. The summed E-state index contributed by atoms with van der Waals surface area (Å²) in [5, 5.41) is 147. The van der Waals surface area contributed by atoms with Gasteiger partial charge < -0.3 is 125 Å². The number of ether oxygens (including phenoxy) is 9. The molecule has 64 heavy (non-hydrogen) atoms. The zero-order valence-electron chi connectivity index (χ0n) is 35.0. The van der Waals surface area contributed by atoms with Crippen LogP contribution in [-0.2, 0) is 57.0 Å². The minimum atomic E-state index is -2.07. The van der Waals surface area contributed by atoms with Gasteiger partial charge in [0.05, 0.1) is 32.5 Å². The number of hydrogen-bond donors (Lipinski definition) is 16. The van der Waals surface area contributed by atoms with Crippen LogP contribution < -0.4 is 16.0 Å². The van der Waals surface area contributed by atoms with Gasteiger partial charge in [0.15, 0.2) is 31.5 Å². The predicted octanol–water partition coefficient (Wildman–Crippen LogP) is -10.5. The average molecular weight is 936 g/mol. The van der Waals surface area contributed by atoms with E-state index in [9.17, 15) is 80.8 Å². The predicted molar refractivity (Wildman–Crippen MR) is 200 cm³/mol. The van der Waals surface area contributed by atoms with Gasteiger partial charge in [-0.25, -0.2) is 0 Å². The molecule has 0 radical (unpaired) electrons. The normalized spacial score (nSPS) is 47.7. The number of hydrogen-bond acceptors (Lipinski definition) is 25. The largest absolute Gasteiger partial charge is 0.394 e. The first kappa shape index (κ1) is 52.5. The van der Waals surface area contributed by atoms with Gasteiger partial charge in [-0.15, -0.1) is 0 Å². The number of amides is 3. The molecule has 0 aromatic rings. The minimum absolute atomic E-state index is 0.682. The lowest BCUT2D eigenvalue weighted by Crippen LogP contribution is -2.70. The summed E-state index contributed by atoms with van der Waals surface area (Å²) in [5.74, 6) is -2.23. The lowest BCUT2D eigenvalue weighted by Gasteiger charge is -2.51. The molecule has 5 aliphatic rings. The summed E-state index contributed by atoms with van der Waals surface area (Å²) in [6.45, 7) is 1.05. The van der Waals surface area contributed by atoms with Gasteiger partial charge in [0.25, 0.3) is 0 Å². The summed E-state index contributed by atoms with van der Waals surface area (Å²) in [7, 11) is 0. The molecule has 4 unspecified atom stereocenters. The van der Waals surface area contributed by atoms with Crippen LogP contribution in [0.4, 0.5) is 0 Å². The molecule has 28 heteroatoms. The Morgan fingerprint density at radius 3 is 1.41 bits per heavy atom. The fourth-order valence-electron chi connectivity index (χ4n) is 8.05. The van der Waals surface area contributed by atoms with Gasteiger partial charge in [-0.3, -0.25) is 14.4 Å². The SMILES string of the molecule is CC(=O)N[C@@H]1[C@@H](OC2O[C@H](CO)[C@H](O)[C@H](OC3O[C@H](CO)[C@H](O)[C@H](O)[C@H]3NC(C)=O)[C@H]2OC2O[C@@H](C)[C@@H](O)[C@@H](O)[C@@H]2O)[C@@H](O)[C@@H](COC2O[C@H](CO)[C@@H](O)[C@H](O)[C@H]2NC(C)=O)O[C@@H]1O. The first-order valence-electron chi connectivity index (χ1n) is 20.4. The highest BCUT2D eigenvalue weighted by atomic mass is 16.8. The van der Waals surface area contributed by atoms with E-state index in [2.05, 4.69) is 16.0 Å². The van der Waals surface area contributed by atoms with E-state index >= 15 is 0 Å². The van der Waals surface area contributed by atoms with Crippen molar-refractivity contribution in [2.24, 2.45) is 0 Å². The Hall–Kier alpha value is -2.47. The maximum Gasteiger partial charge on any atom is 0.217 e. The quantitative estimate of drug-likeness (QED) is 0.0725. The van der Waals surface area contributed by atoms with Gasteiger partial charge in [0.1, 0.15) is 116 Å². The maximum atomic E-state index is 12.4. The lowest BCUT2D eigenvalue weighted by atomic mass is 9.94. The summed E-state index contributed by atoms with van der Waals surface area (Å²) in [5.41, 5.74) is 0. The number of aliphatic hydroxyl groups is 13. The monoisotopic (exact) mass is 935 g/mol. The Kier molecular flexibility index (Phi) is 18.5. The average Bonchev–Trinajstić information content (AvgIpc) is 3.24. The molecule has 0 bridgehead atoms. The van der Waals surface area contributed by atoms with Crippen LogP contribution in [-0.4, -0.2) is 264 Å². The Labute approximate surface area is 364 Å². The van der Waals surface area contributed by atoms with Crippen LogP contribution in [0.5, 0.6) is 0 Å². The van der Waals surface area contributed by atoms with Gasteiger partial charge in [0, 0.05) is 20.8 Å². The minimum Gasteiger partial charge on any atom is -0.394 e. The number of carbonyl (C=O) groups is 3. The van der Waals surface area contributed by atoms with Gasteiger partial charge in [-0.05, 0) is 6.92 Å². The summed E-state index contributed by atoms with van der Waals surface area (Å²) in [6, 6.07) is -4.76. The summed E-state index contributed by atoms with van der Waals surface area (Å²) in [6.07, 6.45) is -39.5. The number of rotatable bonds is 15. The molecule has 16 N–H and O–H groups in total. The zero-order valence-corrected chi connectivity index (χ0v) is 35.0. The Morgan fingerprint density at radius 2 is 0.875 bits per heavy atom. The van der Waals surface area contributed by atoms with Crippen molar-refractivity contribution in [1.29, 1.82) is 0 Å². The van der Waals surface area contributed by atoms with Gasteiger partial charge in [-0.1, -0.05) is 0 Å². The van der Waals surface area contributed by atoms with Crippen molar-refractivity contribution in [3.05, 3.63) is 0 Å². The van der Waals surface area contributed by atoms with E-state index in [0.717, 1.165) is 20.8 Å². The van der Waals surface area contributed by atoms with Crippen molar-refractivity contribution in [2.75, 3.05) is 26.4 Å². The van der Waals surface area contributed by atoms with Crippen molar-refractivity contribution in [2.45, 2.75) is 181 Å². The molecule has 5 aliphatic heterocycles. The van der Waals surface area contributed by atoms with E-state index in [1.165, 1.54) is 6.92 Å². The maximum absolute atomic E-state index is 12.4. The van der Waals surface area contributed by atoms with Gasteiger partial charge in [-0.2, -0.15) is 0 Å². The second kappa shape index (κ2) is 22.6. The molecule has 28 nitrogen and oxygen atoms in total. The van der Waals surface area contributed by atoms with Crippen LogP contribution in [0.1, 0.15) is 27.7 Å². The first-order chi connectivity index (χ1) is 30.1. The second-order valence-corrected chi connectivity index (χ2v) is 16.2. The molecule has 5 rings (SSSR count). The molecule has 370 valence electrons. The molecule has 5 saturated heterocycles. The smallest absolute Gasteiger partial charge is 0.217 e. The highest BCUT2D eigenvalue weighted by molar-refractivity contribution is 5.74. The van der Waals surface area contributed by atoms with E-state index in [1.54, 1.807) is 0 Å². The Morgan fingerprint density at radius 1 is 0.438 bits per heavy atom. The number of aliphatic hydroxyl groups excluding tert-OH is 13. The molecular weight excluding hydrogens is 874 g/mol. The summed E-state index contributed by atoms with van der Waals surface area (Å²) < 4.78 is 52.5. The Bertz CT molecular complexity index is 1540. The van der Waals surface area contributed by atoms with E-state index in [4.69, 9.17) is 42.6 Å². The van der Waals surface area contributed by atoms with Gasteiger partial charge >= 0.3 is 0 Å². The summed E-state index contributed by atoms with van der Waals surface area (Å²) >= 11 is 0. The molecule has 5 fully saturated rings. The van der Waals surface area contributed by atoms with Gasteiger partial charge in [0.2, 0.25) is 17.7 Å². The molecule has 0 aromatic carbocycles. The van der Waals surface area contributed by atoms with Crippen molar-refractivity contribution in [3.63, 3.8) is 0 Å². The lowest BCUT2D eigenvalue weighted by molar-refractivity contribution is -0.397. The zero-order chi connectivity index (χ0) is 47.5. The molecule has 0 spiro atoms. The third-order valence-electron chi connectivity index (χ3n) is 11.5. The molecule has 0 saturated carbocycles. The van der Waals surface area contributed by atoms with Crippen LogP contribution in [0.25, 0.3) is 0 Å². The van der Waals surface area contributed by atoms with Crippen LogP contribution in [0.15, 0.2) is 0 Å². The van der Waals surface area contributed by atoms with E-state index < -0.39 is 197 Å². The topological polar surface area (TPSA) is 433 Å². The van der Waals surface area contributed by atoms with E-state index in [-0.39, 0.29) is 0 Å². The van der Waals surface area contributed by atoms with E-state index in [1.807, 2.05) is 0 Å².